The molecule has 0 saturated carbocycles. The van der Waals surface area contributed by atoms with Crippen LogP contribution in [0.4, 0.5) is 10.2 Å². The van der Waals surface area contributed by atoms with Crippen molar-refractivity contribution in [3.63, 3.8) is 0 Å². The molecule has 12 heteroatoms. The second-order valence-corrected chi connectivity index (χ2v) is 23.5. The molecule has 1 saturated heterocycles. The van der Waals surface area contributed by atoms with E-state index in [9.17, 15) is 9.59 Å². The van der Waals surface area contributed by atoms with Gasteiger partial charge in [0.1, 0.15) is 18.0 Å². The van der Waals surface area contributed by atoms with Gasteiger partial charge < -0.3 is 18.9 Å². The summed E-state index contributed by atoms with van der Waals surface area (Å²) in [5.41, 5.74) is -0.415. The van der Waals surface area contributed by atoms with E-state index in [4.69, 9.17) is 25.2 Å². The minimum Gasteiger partial charge on any atom is -0.414 e. The summed E-state index contributed by atoms with van der Waals surface area (Å²) in [6, 6.07) is 9.94. The van der Waals surface area contributed by atoms with E-state index in [1.807, 2.05) is 13.1 Å². The van der Waals surface area contributed by atoms with E-state index in [1.54, 1.807) is 30.3 Å². The number of nitrogens with zero attached hydrogens (tertiary/aromatic N) is 2. The molecule has 1 aromatic carbocycles. The fourth-order valence-corrected chi connectivity index (χ4v) is 6.43. The van der Waals surface area contributed by atoms with Crippen LogP contribution in [0, 0.1) is 0 Å². The van der Waals surface area contributed by atoms with E-state index >= 15 is 4.39 Å². The van der Waals surface area contributed by atoms with Gasteiger partial charge in [0.25, 0.3) is 11.0 Å². The Morgan fingerprint density at radius 1 is 1.07 bits per heavy atom. The van der Waals surface area contributed by atoms with Crippen LogP contribution in [0.1, 0.15) is 58.1 Å². The van der Waals surface area contributed by atoms with Crippen molar-refractivity contribution in [1.29, 1.82) is 0 Å². The number of nitrogens with one attached hydrogen (secondary N) is 1. The van der Waals surface area contributed by atoms with Crippen molar-refractivity contribution in [2.45, 2.75) is 101 Å². The maximum absolute atomic E-state index is 16.6. The fourth-order valence-electron chi connectivity index (χ4n) is 3.69. The van der Waals surface area contributed by atoms with Gasteiger partial charge in [0.15, 0.2) is 22.9 Å². The first-order chi connectivity index (χ1) is 18.2. The molecule has 8 nitrogen and oxygen atoms in total. The molecular weight excluding hydrogens is 569 g/mol. The van der Waals surface area contributed by atoms with Crippen molar-refractivity contribution in [3.05, 3.63) is 58.6 Å². The number of carbonyl (C=O) groups excluding carboxylic acids is 1. The van der Waals surface area contributed by atoms with Crippen LogP contribution in [-0.4, -0.2) is 56.0 Å². The third kappa shape index (κ3) is 6.93. The highest BCUT2D eigenvalue weighted by Gasteiger charge is 2.61. The zero-order valence-corrected chi connectivity index (χ0v) is 27.9. The minimum atomic E-state index is -2.59. The van der Waals surface area contributed by atoms with E-state index in [0.717, 1.165) is 4.57 Å². The summed E-state index contributed by atoms with van der Waals surface area (Å²) in [5, 5.41) is -0.294. The highest BCUT2D eigenvalue weighted by molar-refractivity contribution is 6.74. The van der Waals surface area contributed by atoms with Crippen LogP contribution in [0.3, 0.4) is 0 Å². The Bertz CT molecular complexity index is 1260. The first-order valence-electron chi connectivity index (χ1n) is 13.5. The van der Waals surface area contributed by atoms with E-state index in [-0.39, 0.29) is 22.5 Å². The molecule has 0 bridgehead atoms. The number of alkyl halides is 2. The van der Waals surface area contributed by atoms with Gasteiger partial charge in [-0.05, 0) is 54.5 Å². The van der Waals surface area contributed by atoms with Gasteiger partial charge >= 0.3 is 5.69 Å². The zero-order chi connectivity index (χ0) is 30.3. The SMILES string of the molecule is CC(C)(C)[Si](C)(C)OC[C@H]1OC(n2ccc(NC(=O)c3ccccc3)nc2=O)[C@@](F)(Cl)[C@@H]1O[Si](C)(C)C(C)(C)C. The Kier molecular flexibility index (Phi) is 9.30. The number of anilines is 1. The molecule has 222 valence electrons. The molecular formula is C28H43ClFN3O5Si2. The van der Waals surface area contributed by atoms with Gasteiger partial charge in [-0.2, -0.15) is 4.98 Å². The number of benzene rings is 1. The molecule has 2 heterocycles. The van der Waals surface area contributed by atoms with Crippen molar-refractivity contribution in [2.75, 3.05) is 11.9 Å². The summed E-state index contributed by atoms with van der Waals surface area (Å²) in [5.74, 6) is -0.399. The highest BCUT2D eigenvalue weighted by atomic mass is 35.5. The van der Waals surface area contributed by atoms with Crippen molar-refractivity contribution < 1.29 is 22.8 Å². The largest absolute Gasteiger partial charge is 0.414 e. The van der Waals surface area contributed by atoms with Gasteiger partial charge in [-0.15, -0.1) is 0 Å². The van der Waals surface area contributed by atoms with Crippen molar-refractivity contribution in [3.8, 4) is 0 Å². The summed E-state index contributed by atoms with van der Waals surface area (Å²) in [6.45, 7) is 20.8. The second kappa shape index (κ2) is 11.4. The fraction of sp³-hybridized carbons (Fsp3) is 0.607. The van der Waals surface area contributed by atoms with E-state index in [0.29, 0.717) is 5.56 Å². The normalized spacial score (nSPS) is 24.2. The molecule has 2 aromatic rings. The topological polar surface area (TPSA) is 91.7 Å². The standard InChI is InChI=1S/C28H43ClFN3O5Si2/c1-26(2,3)39(7,8)36-18-20-22(38-40(9,10)27(4,5)6)28(29,30)24(37-20)33-17-16-21(32-25(33)35)31-23(34)19-14-12-11-13-15-19/h11-17,20,22,24H,18H2,1-10H3,(H,31,32,34,35)/t20-,22-,24?,28-/m1/s1. The molecule has 4 atom stereocenters. The van der Waals surface area contributed by atoms with Crippen molar-refractivity contribution >= 4 is 40.0 Å². The summed E-state index contributed by atoms with van der Waals surface area (Å²) in [7, 11) is -4.73. The van der Waals surface area contributed by atoms with Crippen LogP contribution in [-0.2, 0) is 13.6 Å². The molecule has 0 spiro atoms. The highest BCUT2D eigenvalue weighted by Crippen LogP contribution is 2.49. The van der Waals surface area contributed by atoms with Gasteiger partial charge in [-0.1, -0.05) is 71.3 Å². The lowest BCUT2D eigenvalue weighted by molar-refractivity contribution is -0.0488. The number of amides is 1. The molecule has 1 N–H and O–H groups in total. The predicted octanol–water partition coefficient (Wildman–Crippen LogP) is 6.71. The van der Waals surface area contributed by atoms with E-state index in [2.05, 4.69) is 64.9 Å². The molecule has 1 amide bonds. The van der Waals surface area contributed by atoms with Gasteiger partial charge in [0, 0.05) is 11.8 Å². The number of hydrogen-bond acceptors (Lipinski definition) is 6. The van der Waals surface area contributed by atoms with Crippen LogP contribution in [0.25, 0.3) is 0 Å². The molecule has 0 aliphatic carbocycles. The molecule has 0 radical (unpaired) electrons. The van der Waals surface area contributed by atoms with Gasteiger partial charge in [-0.25, -0.2) is 9.18 Å². The molecule has 40 heavy (non-hydrogen) atoms. The Labute approximate surface area is 243 Å². The van der Waals surface area contributed by atoms with Gasteiger partial charge in [0.05, 0.1) is 6.61 Å². The number of rotatable bonds is 8. The van der Waals surface area contributed by atoms with E-state index in [1.165, 1.54) is 12.3 Å². The number of halogens is 2. The number of carbonyl (C=O) groups is 1. The first-order valence-corrected chi connectivity index (χ1v) is 19.7. The number of ether oxygens (including phenoxy) is 1. The zero-order valence-electron chi connectivity index (χ0n) is 25.2. The molecule has 1 aliphatic rings. The smallest absolute Gasteiger partial charge is 0.351 e. The van der Waals surface area contributed by atoms with Crippen LogP contribution in [0.2, 0.25) is 36.3 Å². The summed E-state index contributed by atoms with van der Waals surface area (Å²) in [6.07, 6.45) is -2.25. The van der Waals surface area contributed by atoms with Gasteiger partial charge in [0.2, 0.25) is 0 Å². The summed E-state index contributed by atoms with van der Waals surface area (Å²) < 4.78 is 36.6. The average molecular weight is 612 g/mol. The number of aromatic nitrogens is 2. The predicted molar refractivity (Wildman–Crippen MR) is 162 cm³/mol. The maximum atomic E-state index is 16.6. The second-order valence-electron chi connectivity index (χ2n) is 13.4. The van der Waals surface area contributed by atoms with Crippen LogP contribution in [0.15, 0.2) is 47.4 Å². The molecule has 1 fully saturated rings. The number of hydrogen-bond donors (Lipinski definition) is 1. The Morgan fingerprint density at radius 2 is 1.65 bits per heavy atom. The maximum Gasteiger partial charge on any atom is 0.351 e. The molecule has 3 rings (SSSR count). The van der Waals surface area contributed by atoms with Gasteiger partial charge in [-0.3, -0.25) is 9.36 Å². The third-order valence-electron chi connectivity index (χ3n) is 8.35. The molecule has 1 aromatic heterocycles. The van der Waals surface area contributed by atoms with Crippen LogP contribution < -0.4 is 11.0 Å². The van der Waals surface area contributed by atoms with E-state index < -0.39 is 51.8 Å². The summed E-state index contributed by atoms with van der Waals surface area (Å²) in [4.78, 5) is 29.5. The van der Waals surface area contributed by atoms with Crippen LogP contribution in [0.5, 0.6) is 0 Å². The lowest BCUT2D eigenvalue weighted by atomic mass is 10.1. The van der Waals surface area contributed by atoms with Crippen molar-refractivity contribution in [1.82, 2.24) is 9.55 Å². The summed E-state index contributed by atoms with van der Waals surface area (Å²) >= 11 is 6.61. The lowest BCUT2D eigenvalue weighted by Gasteiger charge is -2.41. The first kappa shape index (κ1) is 32.6. The Hall–Kier alpha value is -1.90. The third-order valence-corrected chi connectivity index (χ3v) is 17.7. The minimum absolute atomic E-state index is 0.0269. The molecule has 1 unspecified atom stereocenters. The quantitative estimate of drug-likeness (QED) is 0.263. The average Bonchev–Trinajstić information content (AvgIpc) is 3.06. The Balaban J connectivity index is 1.92. The molecule has 1 aliphatic heterocycles. The van der Waals surface area contributed by atoms with Crippen LogP contribution >= 0.6 is 11.6 Å². The van der Waals surface area contributed by atoms with Crippen molar-refractivity contribution in [2.24, 2.45) is 0 Å². The lowest BCUT2D eigenvalue weighted by Crippen LogP contribution is -2.53. The monoisotopic (exact) mass is 611 g/mol. The Morgan fingerprint density at radius 3 is 2.17 bits per heavy atom.